The maximum atomic E-state index is 11.8. The van der Waals surface area contributed by atoms with Gasteiger partial charge in [0.2, 0.25) is 0 Å². The van der Waals surface area contributed by atoms with Crippen molar-refractivity contribution in [3.8, 4) is 5.75 Å². The maximum Gasteiger partial charge on any atom is 0.326 e. The van der Waals surface area contributed by atoms with Crippen molar-refractivity contribution in [2.75, 3.05) is 24.6 Å². The smallest absolute Gasteiger partial charge is 0.326 e. The first kappa shape index (κ1) is 14.4. The van der Waals surface area contributed by atoms with Crippen molar-refractivity contribution in [1.82, 2.24) is 0 Å². The Morgan fingerprint density at radius 2 is 1.86 bits per heavy atom. The molecule has 1 unspecified atom stereocenters. The van der Waals surface area contributed by atoms with E-state index in [0.717, 1.165) is 11.4 Å². The van der Waals surface area contributed by atoms with Crippen LogP contribution in [-0.4, -0.2) is 31.8 Å². The second-order valence-corrected chi connectivity index (χ2v) is 5.45. The van der Waals surface area contributed by atoms with Crippen LogP contribution in [0.4, 0.5) is 5.69 Å². The van der Waals surface area contributed by atoms with Crippen molar-refractivity contribution in [2.24, 2.45) is 0 Å². The second-order valence-electron chi connectivity index (χ2n) is 5.45. The number of hydrogen-bond acceptors (Lipinski definition) is 4. The molecule has 114 valence electrons. The molecule has 4 nitrogen and oxygen atoms in total. The van der Waals surface area contributed by atoms with E-state index in [4.69, 9.17) is 9.47 Å². The molecule has 1 aliphatic heterocycles. The van der Waals surface area contributed by atoms with Crippen LogP contribution in [0.1, 0.15) is 5.56 Å². The molecule has 2 aromatic rings. The Morgan fingerprint density at radius 1 is 1.14 bits per heavy atom. The zero-order valence-corrected chi connectivity index (χ0v) is 12.6. The van der Waals surface area contributed by atoms with Crippen LogP contribution in [0.3, 0.4) is 0 Å². The summed E-state index contributed by atoms with van der Waals surface area (Å²) in [6, 6.07) is 17.7. The molecular weight excluding hydrogens is 278 g/mol. The minimum absolute atomic E-state index is 0.215. The minimum Gasteiger partial charge on any atom is -0.490 e. The van der Waals surface area contributed by atoms with E-state index in [2.05, 4.69) is 0 Å². The molecule has 22 heavy (non-hydrogen) atoms. The second kappa shape index (κ2) is 6.52. The molecule has 0 spiro atoms. The van der Waals surface area contributed by atoms with Crippen LogP contribution in [0.2, 0.25) is 0 Å². The molecule has 0 saturated carbocycles. The van der Waals surface area contributed by atoms with E-state index in [1.54, 1.807) is 0 Å². The first-order chi connectivity index (χ1) is 10.7. The summed E-state index contributed by atoms with van der Waals surface area (Å²) in [5.41, 5.74) is 2.21. The van der Waals surface area contributed by atoms with Gasteiger partial charge in [-0.1, -0.05) is 35.9 Å². The van der Waals surface area contributed by atoms with Gasteiger partial charge in [0.1, 0.15) is 18.9 Å². The number of benzene rings is 2. The Bertz CT molecular complexity index is 625. The number of rotatable bonds is 4. The molecule has 1 heterocycles. The van der Waals surface area contributed by atoms with Crippen molar-refractivity contribution in [1.29, 1.82) is 0 Å². The SMILES string of the molecule is Cc1ccc(OCC2CN(c3ccccc3)CC(=O)O2)cc1. The molecule has 0 aliphatic carbocycles. The molecule has 0 N–H and O–H groups in total. The fourth-order valence-corrected chi connectivity index (χ4v) is 2.47. The predicted molar refractivity (Wildman–Crippen MR) is 85.2 cm³/mol. The number of hydrogen-bond donors (Lipinski definition) is 0. The first-order valence-corrected chi connectivity index (χ1v) is 7.39. The lowest BCUT2D eigenvalue weighted by atomic mass is 10.2. The summed E-state index contributed by atoms with van der Waals surface area (Å²) >= 11 is 0. The number of aryl methyl sites for hydroxylation is 1. The van der Waals surface area contributed by atoms with Gasteiger partial charge in [0.15, 0.2) is 6.10 Å². The fraction of sp³-hybridized carbons (Fsp3) is 0.278. The van der Waals surface area contributed by atoms with Crippen LogP contribution >= 0.6 is 0 Å². The molecule has 1 aliphatic rings. The Labute approximate surface area is 130 Å². The summed E-state index contributed by atoms with van der Waals surface area (Å²) in [5.74, 6) is 0.575. The van der Waals surface area contributed by atoms with Crippen molar-refractivity contribution in [3.63, 3.8) is 0 Å². The van der Waals surface area contributed by atoms with Gasteiger partial charge in [0.25, 0.3) is 0 Å². The average molecular weight is 297 g/mol. The van der Waals surface area contributed by atoms with Gasteiger partial charge in [-0.2, -0.15) is 0 Å². The third-order valence-electron chi connectivity index (χ3n) is 3.62. The van der Waals surface area contributed by atoms with Gasteiger partial charge in [-0.05, 0) is 31.2 Å². The zero-order valence-electron chi connectivity index (χ0n) is 12.6. The summed E-state index contributed by atoms with van der Waals surface area (Å²) in [6.45, 7) is 3.31. The fourth-order valence-electron chi connectivity index (χ4n) is 2.47. The standard InChI is InChI=1S/C18H19NO3/c1-14-7-9-16(10-8-14)21-13-17-11-19(12-18(20)22-17)15-5-3-2-4-6-15/h2-10,17H,11-13H2,1H3. The summed E-state index contributed by atoms with van der Waals surface area (Å²) in [7, 11) is 0. The number of carbonyl (C=O) groups excluding carboxylic acids is 1. The highest BCUT2D eigenvalue weighted by Gasteiger charge is 2.27. The highest BCUT2D eigenvalue weighted by atomic mass is 16.6. The molecular formula is C18H19NO3. The Hall–Kier alpha value is -2.49. The normalized spacial score (nSPS) is 18.0. The summed E-state index contributed by atoms with van der Waals surface area (Å²) < 4.78 is 11.1. The largest absolute Gasteiger partial charge is 0.490 e. The molecule has 1 atom stereocenters. The molecule has 0 bridgehead atoms. The van der Waals surface area contributed by atoms with E-state index in [9.17, 15) is 4.79 Å². The van der Waals surface area contributed by atoms with Gasteiger partial charge in [-0.3, -0.25) is 4.79 Å². The van der Waals surface area contributed by atoms with Gasteiger partial charge >= 0.3 is 5.97 Å². The van der Waals surface area contributed by atoms with Crippen LogP contribution in [0.5, 0.6) is 5.75 Å². The topological polar surface area (TPSA) is 38.8 Å². The van der Waals surface area contributed by atoms with Crippen molar-refractivity contribution < 1.29 is 14.3 Å². The number of cyclic esters (lactones) is 1. The number of ether oxygens (including phenoxy) is 2. The van der Waals surface area contributed by atoms with Crippen molar-refractivity contribution in [2.45, 2.75) is 13.0 Å². The van der Waals surface area contributed by atoms with Crippen LogP contribution in [0.25, 0.3) is 0 Å². The molecule has 1 saturated heterocycles. The quantitative estimate of drug-likeness (QED) is 0.814. The van der Waals surface area contributed by atoms with E-state index in [1.165, 1.54) is 5.56 Å². The number of esters is 1. The lowest BCUT2D eigenvalue weighted by molar-refractivity contribution is -0.151. The average Bonchev–Trinajstić information content (AvgIpc) is 2.55. The van der Waals surface area contributed by atoms with Gasteiger partial charge in [-0.15, -0.1) is 0 Å². The van der Waals surface area contributed by atoms with Crippen molar-refractivity contribution in [3.05, 3.63) is 60.2 Å². The third kappa shape index (κ3) is 3.58. The summed E-state index contributed by atoms with van der Waals surface area (Å²) in [6.07, 6.45) is -0.261. The highest BCUT2D eigenvalue weighted by Crippen LogP contribution is 2.19. The van der Waals surface area contributed by atoms with Gasteiger partial charge < -0.3 is 14.4 Å². The molecule has 4 heteroatoms. The van der Waals surface area contributed by atoms with Crippen LogP contribution in [0, 0.1) is 6.92 Å². The maximum absolute atomic E-state index is 11.8. The van der Waals surface area contributed by atoms with Crippen molar-refractivity contribution >= 4 is 11.7 Å². The van der Waals surface area contributed by atoms with E-state index in [1.807, 2.05) is 66.4 Å². The molecule has 1 fully saturated rings. The Morgan fingerprint density at radius 3 is 2.59 bits per heavy atom. The number of para-hydroxylation sites is 1. The highest BCUT2D eigenvalue weighted by molar-refractivity contribution is 5.77. The number of morpholine rings is 1. The van der Waals surface area contributed by atoms with E-state index >= 15 is 0 Å². The van der Waals surface area contributed by atoms with E-state index in [-0.39, 0.29) is 18.6 Å². The Balaban J connectivity index is 1.61. The monoisotopic (exact) mass is 297 g/mol. The van der Waals surface area contributed by atoms with Gasteiger partial charge in [0, 0.05) is 5.69 Å². The zero-order chi connectivity index (χ0) is 15.4. The predicted octanol–water partition coefficient (Wildman–Crippen LogP) is 2.81. The third-order valence-corrected chi connectivity index (χ3v) is 3.62. The lowest BCUT2D eigenvalue weighted by Gasteiger charge is -2.33. The van der Waals surface area contributed by atoms with Gasteiger partial charge in [-0.25, -0.2) is 0 Å². The molecule has 2 aromatic carbocycles. The molecule has 0 radical (unpaired) electrons. The first-order valence-electron chi connectivity index (χ1n) is 7.39. The molecule has 0 aromatic heterocycles. The summed E-state index contributed by atoms with van der Waals surface area (Å²) in [5, 5.41) is 0. The van der Waals surface area contributed by atoms with Crippen LogP contribution < -0.4 is 9.64 Å². The number of anilines is 1. The van der Waals surface area contributed by atoms with E-state index in [0.29, 0.717) is 13.2 Å². The van der Waals surface area contributed by atoms with Crippen LogP contribution in [-0.2, 0) is 9.53 Å². The minimum atomic E-state index is -0.261. The molecule has 0 amide bonds. The lowest BCUT2D eigenvalue weighted by Crippen LogP contribution is -2.47. The van der Waals surface area contributed by atoms with Crippen LogP contribution in [0.15, 0.2) is 54.6 Å². The van der Waals surface area contributed by atoms with Gasteiger partial charge in [0.05, 0.1) is 6.54 Å². The van der Waals surface area contributed by atoms with E-state index < -0.39 is 0 Å². The molecule has 3 rings (SSSR count). The Kier molecular flexibility index (Phi) is 4.28. The summed E-state index contributed by atoms with van der Waals surface area (Å²) in [4.78, 5) is 13.8. The number of nitrogens with zero attached hydrogens (tertiary/aromatic N) is 1. The number of carbonyl (C=O) groups is 1.